The van der Waals surface area contributed by atoms with Gasteiger partial charge in [0, 0.05) is 19.1 Å². The van der Waals surface area contributed by atoms with Gasteiger partial charge in [-0.15, -0.1) is 0 Å². The van der Waals surface area contributed by atoms with Crippen LogP contribution in [0.3, 0.4) is 0 Å². The summed E-state index contributed by atoms with van der Waals surface area (Å²) in [6, 6.07) is 43.2. The molecule has 0 saturated heterocycles. The predicted molar refractivity (Wildman–Crippen MR) is 185 cm³/mol. The van der Waals surface area contributed by atoms with Gasteiger partial charge in [0.15, 0.2) is 0 Å². The zero-order chi connectivity index (χ0) is 30.7. The van der Waals surface area contributed by atoms with E-state index in [1.54, 1.807) is 0 Å². The van der Waals surface area contributed by atoms with Crippen LogP contribution in [0.2, 0.25) is 10.1 Å². The van der Waals surface area contributed by atoms with Gasteiger partial charge in [0.25, 0.3) is 16.6 Å². The third kappa shape index (κ3) is 5.98. The van der Waals surface area contributed by atoms with Crippen molar-refractivity contribution in [3.8, 4) is 0 Å². The van der Waals surface area contributed by atoms with Crippen LogP contribution >= 0.6 is 0 Å². The lowest BCUT2D eigenvalue weighted by molar-refractivity contribution is -0.0723. The maximum Gasteiger partial charge on any atom is 0.261 e. The van der Waals surface area contributed by atoms with Gasteiger partial charge in [-0.2, -0.15) is 0 Å². The Hall–Kier alpha value is -2.81. The molecule has 0 bridgehead atoms. The molecule has 1 N–H and O–H groups in total. The van der Waals surface area contributed by atoms with Gasteiger partial charge in [-0.25, -0.2) is 0 Å². The molecule has 226 valence electrons. The Balaban J connectivity index is 1.45. The predicted octanol–water partition coefficient (Wildman–Crippen LogP) is 6.14. The van der Waals surface area contributed by atoms with Crippen molar-refractivity contribution < 1.29 is 14.0 Å². The molecule has 0 spiro atoms. The molecule has 0 unspecified atom stereocenters. The second-order valence-electron chi connectivity index (χ2n) is 14.2. The van der Waals surface area contributed by atoms with Crippen molar-refractivity contribution in [1.82, 2.24) is 0 Å². The van der Waals surface area contributed by atoms with Crippen molar-refractivity contribution in [2.24, 2.45) is 11.8 Å². The molecule has 1 aliphatic carbocycles. The summed E-state index contributed by atoms with van der Waals surface area (Å²) in [5.74, 6) is 0.259. The number of rotatable bonds is 10. The molecule has 4 aromatic carbocycles. The first-order valence-corrected chi connectivity index (χ1v) is 19.5. The molecular formula is C38H48O3Si2. The molecule has 5 rings (SSSR count). The minimum atomic E-state index is -2.69. The van der Waals surface area contributed by atoms with Gasteiger partial charge in [-0.05, 0) is 43.2 Å². The Morgan fingerprint density at radius 3 is 1.12 bits per heavy atom. The Kier molecular flexibility index (Phi) is 9.31. The second kappa shape index (κ2) is 12.7. The zero-order valence-electron chi connectivity index (χ0n) is 26.7. The first kappa shape index (κ1) is 31.6. The lowest BCUT2D eigenvalue weighted by Crippen LogP contribution is -2.68. The lowest BCUT2D eigenvalue weighted by atomic mass is 9.72. The van der Waals surface area contributed by atoms with E-state index in [4.69, 9.17) is 8.85 Å². The van der Waals surface area contributed by atoms with E-state index in [-0.39, 0.29) is 28.0 Å². The third-order valence-electron chi connectivity index (χ3n) is 9.48. The molecule has 5 heteroatoms. The smallest absolute Gasteiger partial charge is 0.261 e. The fourth-order valence-electron chi connectivity index (χ4n) is 7.19. The highest BCUT2D eigenvalue weighted by Crippen LogP contribution is 2.42. The topological polar surface area (TPSA) is 38.7 Å². The van der Waals surface area contributed by atoms with E-state index in [0.29, 0.717) is 13.2 Å². The summed E-state index contributed by atoms with van der Waals surface area (Å²) >= 11 is 0. The van der Waals surface area contributed by atoms with Crippen LogP contribution in [0.25, 0.3) is 0 Å². The average Bonchev–Trinajstić information content (AvgIpc) is 2.99. The normalized spacial score (nSPS) is 19.6. The van der Waals surface area contributed by atoms with Gasteiger partial charge < -0.3 is 14.0 Å². The van der Waals surface area contributed by atoms with E-state index in [1.807, 2.05) is 0 Å². The highest BCUT2D eigenvalue weighted by atomic mass is 28.4. The van der Waals surface area contributed by atoms with Crippen LogP contribution in [0.15, 0.2) is 121 Å². The van der Waals surface area contributed by atoms with Crippen molar-refractivity contribution in [1.29, 1.82) is 0 Å². The fourth-order valence-corrected chi connectivity index (χ4v) is 16.4. The second-order valence-corrected chi connectivity index (χ2v) is 22.8. The molecule has 0 aliphatic heterocycles. The first-order valence-electron chi connectivity index (χ1n) is 15.7. The number of hydrogen-bond donors (Lipinski definition) is 1. The largest absolute Gasteiger partial charge is 0.407 e. The molecule has 3 nitrogen and oxygen atoms in total. The van der Waals surface area contributed by atoms with Crippen LogP contribution in [-0.2, 0) is 8.85 Å². The molecule has 1 fully saturated rings. The van der Waals surface area contributed by atoms with Crippen molar-refractivity contribution in [2.45, 2.75) is 64.1 Å². The van der Waals surface area contributed by atoms with Crippen molar-refractivity contribution in [2.75, 3.05) is 13.2 Å². The van der Waals surface area contributed by atoms with Crippen LogP contribution < -0.4 is 20.7 Å². The number of aliphatic hydroxyl groups is 1. The van der Waals surface area contributed by atoms with Crippen LogP contribution in [-0.4, -0.2) is 41.1 Å². The number of aliphatic hydroxyl groups excluding tert-OH is 1. The van der Waals surface area contributed by atoms with E-state index < -0.39 is 16.6 Å². The van der Waals surface area contributed by atoms with E-state index in [9.17, 15) is 5.11 Å². The number of benzene rings is 4. The standard InChI is InChI=1S/C38H48O3Si2/c1-37(2,3)42(31-19-11-7-12-20-31,32-21-13-8-14-22-32)40-28-30-27-36(39)35(30)29-41-43(38(4,5)6,33-23-15-9-16-24-33)34-25-17-10-18-26-34/h7-26,30,35-36,39H,27-29H2,1-6H3/t30-,35-,36+/m1/s1. The molecule has 3 atom stereocenters. The summed E-state index contributed by atoms with van der Waals surface area (Å²) in [4.78, 5) is 0. The molecular weight excluding hydrogens is 561 g/mol. The van der Waals surface area contributed by atoms with Crippen LogP contribution in [0.1, 0.15) is 48.0 Å². The Morgan fingerprint density at radius 2 is 0.837 bits per heavy atom. The Bertz CT molecular complexity index is 1350. The van der Waals surface area contributed by atoms with E-state index in [2.05, 4.69) is 163 Å². The summed E-state index contributed by atoms with van der Waals surface area (Å²) in [6.45, 7) is 15.0. The monoisotopic (exact) mass is 608 g/mol. The van der Waals surface area contributed by atoms with E-state index in [1.165, 1.54) is 20.7 Å². The number of hydrogen-bond acceptors (Lipinski definition) is 3. The molecule has 1 aliphatic rings. The minimum Gasteiger partial charge on any atom is -0.407 e. The summed E-state index contributed by atoms with van der Waals surface area (Å²) in [5, 5.41) is 16.0. The minimum absolute atomic E-state index is 0.0277. The van der Waals surface area contributed by atoms with Gasteiger partial charge in [-0.1, -0.05) is 163 Å². The van der Waals surface area contributed by atoms with Gasteiger partial charge in [0.1, 0.15) is 0 Å². The van der Waals surface area contributed by atoms with Gasteiger partial charge in [0.2, 0.25) is 0 Å². The van der Waals surface area contributed by atoms with Gasteiger partial charge in [0.05, 0.1) is 6.10 Å². The third-order valence-corrected chi connectivity index (χ3v) is 19.5. The van der Waals surface area contributed by atoms with Crippen LogP contribution in [0.4, 0.5) is 0 Å². The molecule has 43 heavy (non-hydrogen) atoms. The van der Waals surface area contributed by atoms with Crippen LogP contribution in [0, 0.1) is 11.8 Å². The molecule has 4 aromatic rings. The van der Waals surface area contributed by atoms with Crippen LogP contribution in [0.5, 0.6) is 0 Å². The molecule has 0 amide bonds. The van der Waals surface area contributed by atoms with Crippen molar-refractivity contribution in [3.05, 3.63) is 121 Å². The summed E-state index contributed by atoms with van der Waals surface area (Å²) in [5.41, 5.74) is 0. The zero-order valence-corrected chi connectivity index (χ0v) is 28.7. The summed E-state index contributed by atoms with van der Waals surface area (Å²) < 4.78 is 14.6. The molecule has 1 saturated carbocycles. The average molecular weight is 609 g/mol. The molecule has 0 aromatic heterocycles. The van der Waals surface area contributed by atoms with Gasteiger partial charge in [-0.3, -0.25) is 0 Å². The highest BCUT2D eigenvalue weighted by molar-refractivity contribution is 7.00. The lowest BCUT2D eigenvalue weighted by Gasteiger charge is -2.49. The Labute approximate surface area is 261 Å². The van der Waals surface area contributed by atoms with Gasteiger partial charge >= 0.3 is 0 Å². The van der Waals surface area contributed by atoms with E-state index in [0.717, 1.165) is 6.42 Å². The maximum atomic E-state index is 11.1. The SMILES string of the molecule is CC(C)(C)[Si](OC[C@H]1C[C@H](O)[C@@H]1CO[Si](c1ccccc1)(c1ccccc1)C(C)(C)C)(c1ccccc1)c1ccccc1. The fraction of sp³-hybridized carbons (Fsp3) is 0.368. The summed E-state index contributed by atoms with van der Waals surface area (Å²) in [6.07, 6.45) is 0.360. The molecule has 0 heterocycles. The summed E-state index contributed by atoms with van der Waals surface area (Å²) in [7, 11) is -5.35. The van der Waals surface area contributed by atoms with Crippen molar-refractivity contribution >= 4 is 37.4 Å². The first-order chi connectivity index (χ1) is 20.5. The Morgan fingerprint density at radius 1 is 0.535 bits per heavy atom. The highest BCUT2D eigenvalue weighted by Gasteiger charge is 2.54. The molecule has 0 radical (unpaired) electrons. The van der Waals surface area contributed by atoms with E-state index >= 15 is 0 Å². The van der Waals surface area contributed by atoms with Crippen molar-refractivity contribution in [3.63, 3.8) is 0 Å². The maximum absolute atomic E-state index is 11.1. The quantitative estimate of drug-likeness (QED) is 0.220.